The van der Waals surface area contributed by atoms with Crippen LogP contribution in [0.3, 0.4) is 0 Å². The van der Waals surface area contributed by atoms with E-state index in [4.69, 9.17) is 4.74 Å². The normalized spacial score (nSPS) is 18.4. The first kappa shape index (κ1) is 29.5. The number of rotatable bonds is 8. The van der Waals surface area contributed by atoms with Gasteiger partial charge in [-0.05, 0) is 54.8 Å². The number of hydrogen-bond donors (Lipinski definition) is 3. The monoisotopic (exact) mass is 590 g/mol. The van der Waals surface area contributed by atoms with Crippen LogP contribution in [0.25, 0.3) is 0 Å². The molecule has 4 rings (SSSR count). The fourth-order valence-corrected chi connectivity index (χ4v) is 6.68. The Morgan fingerprint density at radius 3 is 2.58 bits per heavy atom. The van der Waals surface area contributed by atoms with E-state index in [-0.39, 0.29) is 46.8 Å². The minimum absolute atomic E-state index is 0.0352. The van der Waals surface area contributed by atoms with Crippen molar-refractivity contribution in [1.29, 1.82) is 0 Å². The van der Waals surface area contributed by atoms with Gasteiger partial charge in [-0.2, -0.15) is 4.31 Å². The van der Waals surface area contributed by atoms with Gasteiger partial charge in [0.05, 0.1) is 30.4 Å². The van der Waals surface area contributed by atoms with Gasteiger partial charge in [-0.15, -0.1) is 11.3 Å². The van der Waals surface area contributed by atoms with E-state index in [0.29, 0.717) is 5.69 Å². The Kier molecular flexibility index (Phi) is 9.08. The lowest BCUT2D eigenvalue weighted by molar-refractivity contribution is 0.0389. The summed E-state index contributed by atoms with van der Waals surface area (Å²) in [6.07, 6.45) is -0.719. The fraction of sp³-hybridized carbons (Fsp3) is 0.333. The highest BCUT2D eigenvalue weighted by Crippen LogP contribution is 2.35. The summed E-state index contributed by atoms with van der Waals surface area (Å²) in [5.74, 6) is -1.12. The number of benzene rings is 2. The van der Waals surface area contributed by atoms with Gasteiger partial charge >= 0.3 is 6.03 Å². The lowest BCUT2D eigenvalue weighted by atomic mass is 9.99. The molecule has 0 saturated carbocycles. The zero-order valence-electron chi connectivity index (χ0n) is 22.2. The lowest BCUT2D eigenvalue weighted by Gasteiger charge is -2.38. The average molecular weight is 591 g/mol. The summed E-state index contributed by atoms with van der Waals surface area (Å²) >= 11 is 1.11. The second-order valence-corrected chi connectivity index (χ2v) is 12.8. The van der Waals surface area contributed by atoms with Gasteiger partial charge in [-0.3, -0.25) is 4.79 Å². The number of ether oxygens (including phenoxy) is 1. The number of anilines is 2. The van der Waals surface area contributed by atoms with Crippen molar-refractivity contribution in [2.75, 3.05) is 37.4 Å². The Morgan fingerprint density at radius 1 is 1.20 bits per heavy atom. The van der Waals surface area contributed by atoms with Gasteiger partial charge in [0.15, 0.2) is 5.75 Å². The molecule has 3 N–H and O–H groups in total. The molecule has 0 spiro atoms. The summed E-state index contributed by atoms with van der Waals surface area (Å²) in [6.45, 7) is 3.45. The quantitative estimate of drug-likeness (QED) is 0.363. The molecule has 2 heterocycles. The third-order valence-electron chi connectivity index (χ3n) is 6.64. The first-order chi connectivity index (χ1) is 19.0. The number of halogens is 1. The number of thiophene rings is 1. The van der Waals surface area contributed by atoms with Gasteiger partial charge in [0.25, 0.3) is 15.9 Å². The number of aliphatic hydroxyl groups is 1. The van der Waals surface area contributed by atoms with Gasteiger partial charge in [-0.25, -0.2) is 17.6 Å². The Bertz CT molecular complexity index is 1450. The number of fused-ring (bicyclic) bond motifs is 1. The Labute approximate surface area is 236 Å². The van der Waals surface area contributed by atoms with E-state index < -0.39 is 39.9 Å². The van der Waals surface area contributed by atoms with Crippen LogP contribution in [-0.4, -0.2) is 73.6 Å². The van der Waals surface area contributed by atoms with Gasteiger partial charge in [-0.1, -0.05) is 19.1 Å². The molecule has 0 saturated heterocycles. The largest absolute Gasteiger partial charge is 0.486 e. The lowest BCUT2D eigenvalue weighted by Crippen LogP contribution is -2.50. The predicted octanol–water partition coefficient (Wildman–Crippen LogP) is 4.07. The number of nitrogens with one attached hydrogen (secondary N) is 2. The first-order valence-corrected chi connectivity index (χ1v) is 14.9. The van der Waals surface area contributed by atoms with Crippen molar-refractivity contribution >= 4 is 44.7 Å². The molecule has 40 heavy (non-hydrogen) atoms. The number of aliphatic hydroxyl groups excluding tert-OH is 1. The number of amides is 3. The third-order valence-corrected chi connectivity index (χ3v) is 9.83. The van der Waals surface area contributed by atoms with Gasteiger partial charge in [0.2, 0.25) is 0 Å². The SMILES string of the molecule is C[C@@H]1CN([C@H](C)CO)C(=O)c2cccc(NC(=O)Nc3ccc(F)cc3)c2O[C@@H]1CN(C)S(=O)(=O)c1cccs1. The number of likely N-dealkylation sites (N-methyl/N-ethyl adjacent to an activating group) is 1. The van der Waals surface area contributed by atoms with E-state index in [1.807, 2.05) is 6.92 Å². The van der Waals surface area contributed by atoms with Crippen LogP contribution in [0.15, 0.2) is 64.2 Å². The molecular weight excluding hydrogens is 559 g/mol. The maximum absolute atomic E-state index is 13.6. The molecule has 0 fully saturated rings. The number of urea groups is 1. The maximum Gasteiger partial charge on any atom is 0.323 e. The van der Waals surface area contributed by atoms with Crippen molar-refractivity contribution < 1.29 is 32.2 Å². The van der Waals surface area contributed by atoms with E-state index in [2.05, 4.69) is 10.6 Å². The maximum atomic E-state index is 13.6. The molecule has 0 radical (unpaired) electrons. The topological polar surface area (TPSA) is 128 Å². The minimum atomic E-state index is -3.78. The molecule has 214 valence electrons. The first-order valence-electron chi connectivity index (χ1n) is 12.6. The van der Waals surface area contributed by atoms with E-state index in [9.17, 15) is 27.5 Å². The van der Waals surface area contributed by atoms with Crippen molar-refractivity contribution in [3.8, 4) is 5.75 Å². The van der Waals surface area contributed by atoms with Crippen LogP contribution in [0.1, 0.15) is 24.2 Å². The molecule has 10 nitrogen and oxygen atoms in total. The summed E-state index contributed by atoms with van der Waals surface area (Å²) in [5.41, 5.74) is 0.690. The van der Waals surface area contributed by atoms with Gasteiger partial charge < -0.3 is 25.4 Å². The molecule has 3 amide bonds. The highest BCUT2D eigenvalue weighted by atomic mass is 32.2. The number of carbonyl (C=O) groups is 2. The van der Waals surface area contributed by atoms with Crippen LogP contribution in [0, 0.1) is 11.7 Å². The zero-order chi connectivity index (χ0) is 29.0. The van der Waals surface area contributed by atoms with Gasteiger partial charge in [0, 0.05) is 25.2 Å². The highest BCUT2D eigenvalue weighted by molar-refractivity contribution is 7.91. The molecule has 1 aliphatic rings. The molecule has 3 atom stereocenters. The van der Waals surface area contributed by atoms with Crippen LogP contribution in [0.4, 0.5) is 20.6 Å². The van der Waals surface area contributed by atoms with Crippen molar-refractivity contribution in [1.82, 2.24) is 9.21 Å². The predicted molar refractivity (Wildman–Crippen MR) is 151 cm³/mol. The molecule has 0 bridgehead atoms. The second kappa shape index (κ2) is 12.3. The van der Waals surface area contributed by atoms with E-state index in [1.54, 1.807) is 36.6 Å². The summed E-state index contributed by atoms with van der Waals surface area (Å²) < 4.78 is 47.3. The highest BCUT2D eigenvalue weighted by Gasteiger charge is 2.36. The standard InChI is InChI=1S/C27H31FN4O6S2/c1-17-14-32(18(2)16-33)26(34)21-6-4-7-22(30-27(35)29-20-11-9-19(28)10-12-20)25(21)38-23(17)15-31(3)40(36,37)24-8-5-13-39-24/h4-13,17-18,23,33H,14-16H2,1-3H3,(H2,29,30,35)/t17-,18-,23-/m1/s1. The molecule has 13 heteroatoms. The summed E-state index contributed by atoms with van der Waals surface area (Å²) in [4.78, 5) is 27.9. The molecule has 0 unspecified atom stereocenters. The van der Waals surface area contributed by atoms with Crippen molar-refractivity contribution in [2.24, 2.45) is 5.92 Å². The average Bonchev–Trinajstić information content (AvgIpc) is 3.48. The number of nitrogens with zero attached hydrogens (tertiary/aromatic N) is 2. The van der Waals surface area contributed by atoms with Crippen molar-refractivity contribution in [3.63, 3.8) is 0 Å². The van der Waals surface area contributed by atoms with E-state index in [0.717, 1.165) is 11.3 Å². The Morgan fingerprint density at radius 2 is 1.93 bits per heavy atom. The van der Waals surface area contributed by atoms with Crippen LogP contribution in [0.2, 0.25) is 0 Å². The zero-order valence-corrected chi connectivity index (χ0v) is 23.8. The van der Waals surface area contributed by atoms with Crippen LogP contribution in [0.5, 0.6) is 5.75 Å². The van der Waals surface area contributed by atoms with Crippen LogP contribution in [-0.2, 0) is 10.0 Å². The van der Waals surface area contributed by atoms with Crippen LogP contribution < -0.4 is 15.4 Å². The number of carbonyl (C=O) groups excluding carboxylic acids is 2. The molecular formula is C27H31FN4O6S2. The van der Waals surface area contributed by atoms with Gasteiger partial charge in [0.1, 0.15) is 16.1 Å². The summed E-state index contributed by atoms with van der Waals surface area (Å²) in [6, 6.07) is 11.9. The summed E-state index contributed by atoms with van der Waals surface area (Å²) in [7, 11) is -2.32. The number of sulfonamides is 1. The molecule has 3 aromatic rings. The second-order valence-electron chi connectivity index (χ2n) is 9.61. The van der Waals surface area contributed by atoms with E-state index >= 15 is 0 Å². The number of hydrogen-bond acceptors (Lipinski definition) is 7. The number of para-hydroxylation sites is 1. The fourth-order valence-electron chi connectivity index (χ4n) is 4.29. The molecule has 2 aromatic carbocycles. The molecule has 1 aliphatic heterocycles. The minimum Gasteiger partial charge on any atom is -0.486 e. The Hall–Kier alpha value is -3.52. The molecule has 1 aromatic heterocycles. The smallest absolute Gasteiger partial charge is 0.323 e. The van der Waals surface area contributed by atoms with Crippen LogP contribution >= 0.6 is 11.3 Å². The molecule has 0 aliphatic carbocycles. The summed E-state index contributed by atoms with van der Waals surface area (Å²) in [5, 5.41) is 16.8. The Balaban J connectivity index is 1.68. The van der Waals surface area contributed by atoms with Crippen molar-refractivity contribution in [2.45, 2.75) is 30.2 Å². The third kappa shape index (κ3) is 6.44. The van der Waals surface area contributed by atoms with E-state index in [1.165, 1.54) is 46.6 Å². The van der Waals surface area contributed by atoms with Crippen molar-refractivity contribution in [3.05, 3.63) is 71.4 Å².